The first kappa shape index (κ1) is 8.33. The van der Waals surface area contributed by atoms with Gasteiger partial charge in [-0.1, -0.05) is 0 Å². The van der Waals surface area contributed by atoms with E-state index < -0.39 is 12.2 Å². The van der Waals surface area contributed by atoms with E-state index in [-0.39, 0.29) is 11.9 Å². The second-order valence-electron chi connectivity index (χ2n) is 2.51. The molecule has 3 nitrogen and oxygen atoms in total. The Kier molecular flexibility index (Phi) is 2.97. The van der Waals surface area contributed by atoms with Crippen LogP contribution in [-0.4, -0.2) is 45.1 Å². The van der Waals surface area contributed by atoms with Crippen molar-refractivity contribution < 1.29 is 15.3 Å². The highest BCUT2D eigenvalue weighted by Gasteiger charge is 2.27. The van der Waals surface area contributed by atoms with Crippen LogP contribution in [0.5, 0.6) is 0 Å². The summed E-state index contributed by atoms with van der Waals surface area (Å²) < 4.78 is 0. The third-order valence-electron chi connectivity index (χ3n) is 1.65. The molecule has 1 aliphatic rings. The van der Waals surface area contributed by atoms with Crippen molar-refractivity contribution in [3.8, 4) is 0 Å². The fraction of sp³-hybridized carbons (Fsp3) is 1.00. The van der Waals surface area contributed by atoms with Gasteiger partial charge < -0.3 is 15.3 Å². The van der Waals surface area contributed by atoms with Gasteiger partial charge in [-0.05, 0) is 6.42 Å². The average Bonchev–Trinajstić information content (AvgIpc) is 1.95. The minimum atomic E-state index is -0.640. The molecular formula is C6H12O3S. The van der Waals surface area contributed by atoms with E-state index in [0.717, 1.165) is 0 Å². The topological polar surface area (TPSA) is 60.7 Å². The Balaban J connectivity index is 2.33. The fourth-order valence-corrected chi connectivity index (χ4v) is 2.10. The van der Waals surface area contributed by atoms with E-state index >= 15 is 0 Å². The van der Waals surface area contributed by atoms with Crippen molar-refractivity contribution in [2.24, 2.45) is 0 Å². The maximum absolute atomic E-state index is 9.10. The predicted molar refractivity (Wildman–Crippen MR) is 40.0 cm³/mol. The largest absolute Gasteiger partial charge is 0.395 e. The molecule has 1 rings (SSSR count). The number of rotatable bonds is 1. The zero-order valence-corrected chi connectivity index (χ0v) is 6.42. The van der Waals surface area contributed by atoms with Crippen LogP contribution in [0.15, 0.2) is 0 Å². The van der Waals surface area contributed by atoms with E-state index in [2.05, 4.69) is 0 Å². The molecule has 3 atom stereocenters. The van der Waals surface area contributed by atoms with Crippen LogP contribution in [0.2, 0.25) is 0 Å². The lowest BCUT2D eigenvalue weighted by Crippen LogP contribution is -2.37. The van der Waals surface area contributed by atoms with Gasteiger partial charge in [0.2, 0.25) is 0 Å². The highest BCUT2D eigenvalue weighted by atomic mass is 32.2. The van der Waals surface area contributed by atoms with Crippen LogP contribution in [0.3, 0.4) is 0 Å². The Morgan fingerprint density at radius 2 is 2.00 bits per heavy atom. The Labute approximate surface area is 64.1 Å². The van der Waals surface area contributed by atoms with Gasteiger partial charge in [-0.25, -0.2) is 0 Å². The lowest BCUT2D eigenvalue weighted by atomic mass is 10.1. The third-order valence-corrected chi connectivity index (χ3v) is 3.00. The molecule has 0 aromatic rings. The van der Waals surface area contributed by atoms with E-state index in [1.165, 1.54) is 11.8 Å². The molecule has 0 aliphatic carbocycles. The molecule has 4 heteroatoms. The molecule has 0 unspecified atom stereocenters. The predicted octanol–water partition coefficient (Wildman–Crippen LogP) is -0.794. The average molecular weight is 164 g/mol. The Morgan fingerprint density at radius 3 is 2.50 bits per heavy atom. The molecule has 3 N–H and O–H groups in total. The molecule has 0 saturated carbocycles. The Hall–Kier alpha value is 0.230. The smallest absolute Gasteiger partial charge is 0.0889 e. The van der Waals surface area contributed by atoms with Crippen molar-refractivity contribution in [1.82, 2.24) is 0 Å². The number of aliphatic hydroxyl groups is 3. The maximum atomic E-state index is 9.10. The Bertz CT molecular complexity index is 109. The molecule has 1 heterocycles. The first-order valence-electron chi connectivity index (χ1n) is 3.32. The van der Waals surface area contributed by atoms with Gasteiger partial charge in [0.1, 0.15) is 0 Å². The van der Waals surface area contributed by atoms with Crippen LogP contribution in [-0.2, 0) is 0 Å². The van der Waals surface area contributed by atoms with Crippen molar-refractivity contribution in [3.63, 3.8) is 0 Å². The fourth-order valence-electron chi connectivity index (χ4n) is 0.967. The van der Waals surface area contributed by atoms with Crippen LogP contribution >= 0.6 is 11.8 Å². The molecule has 10 heavy (non-hydrogen) atoms. The van der Waals surface area contributed by atoms with E-state index in [9.17, 15) is 0 Å². The Morgan fingerprint density at radius 1 is 1.30 bits per heavy atom. The summed E-state index contributed by atoms with van der Waals surface area (Å²) in [7, 11) is 0. The van der Waals surface area contributed by atoms with E-state index in [1.54, 1.807) is 0 Å². The third kappa shape index (κ3) is 1.85. The van der Waals surface area contributed by atoms with Crippen molar-refractivity contribution >= 4 is 11.8 Å². The second kappa shape index (κ2) is 3.57. The molecule has 1 fully saturated rings. The molecule has 0 aromatic heterocycles. The molecule has 0 amide bonds. The first-order chi connectivity index (χ1) is 4.74. The van der Waals surface area contributed by atoms with Gasteiger partial charge in [-0.2, -0.15) is 11.8 Å². The second-order valence-corrected chi connectivity index (χ2v) is 3.84. The minimum Gasteiger partial charge on any atom is -0.395 e. The van der Waals surface area contributed by atoms with E-state index in [1.807, 2.05) is 0 Å². The molecule has 1 aliphatic heterocycles. The summed E-state index contributed by atoms with van der Waals surface area (Å²) in [6.45, 7) is 0.0917. The van der Waals surface area contributed by atoms with Crippen LogP contribution in [0.25, 0.3) is 0 Å². The van der Waals surface area contributed by atoms with Crippen LogP contribution in [0.4, 0.5) is 0 Å². The molecular weight excluding hydrogens is 152 g/mol. The van der Waals surface area contributed by atoms with Crippen LogP contribution < -0.4 is 0 Å². The van der Waals surface area contributed by atoms with Gasteiger partial charge in [0.15, 0.2) is 0 Å². The standard InChI is InChI=1S/C6H12O3S/c7-2-4-1-5(8)6(9)3-10-4/h4-9H,1-3H2/t4-,5+,6-/m0/s1. The van der Waals surface area contributed by atoms with Gasteiger partial charge >= 0.3 is 0 Å². The van der Waals surface area contributed by atoms with Gasteiger partial charge in [-0.15, -0.1) is 0 Å². The summed E-state index contributed by atoms with van der Waals surface area (Å²) in [5, 5.41) is 26.9. The molecule has 0 spiro atoms. The normalized spacial score (nSPS) is 41.7. The molecule has 0 radical (unpaired) electrons. The summed E-state index contributed by atoms with van der Waals surface area (Å²) in [6.07, 6.45) is -0.742. The van der Waals surface area contributed by atoms with Crippen molar-refractivity contribution in [2.45, 2.75) is 23.9 Å². The summed E-state index contributed by atoms with van der Waals surface area (Å²) in [5.41, 5.74) is 0. The summed E-state index contributed by atoms with van der Waals surface area (Å²) >= 11 is 1.52. The highest BCUT2D eigenvalue weighted by Crippen LogP contribution is 2.24. The number of thioether (sulfide) groups is 1. The lowest BCUT2D eigenvalue weighted by Gasteiger charge is -2.28. The van der Waals surface area contributed by atoms with Crippen molar-refractivity contribution in [3.05, 3.63) is 0 Å². The number of hydrogen-bond donors (Lipinski definition) is 3. The zero-order chi connectivity index (χ0) is 7.56. The zero-order valence-electron chi connectivity index (χ0n) is 5.60. The van der Waals surface area contributed by atoms with Gasteiger partial charge in [0.25, 0.3) is 0 Å². The molecule has 1 saturated heterocycles. The number of aliphatic hydroxyl groups excluding tert-OH is 3. The molecule has 0 aromatic carbocycles. The first-order valence-corrected chi connectivity index (χ1v) is 4.37. The van der Waals surface area contributed by atoms with E-state index in [4.69, 9.17) is 15.3 Å². The van der Waals surface area contributed by atoms with Gasteiger partial charge in [-0.3, -0.25) is 0 Å². The molecule has 0 bridgehead atoms. The minimum absolute atomic E-state index is 0.0917. The van der Waals surface area contributed by atoms with Crippen LogP contribution in [0, 0.1) is 0 Å². The lowest BCUT2D eigenvalue weighted by molar-refractivity contribution is 0.0216. The highest BCUT2D eigenvalue weighted by molar-refractivity contribution is 8.00. The monoisotopic (exact) mass is 164 g/mol. The summed E-state index contributed by atoms with van der Waals surface area (Å²) in [5.74, 6) is 0.534. The van der Waals surface area contributed by atoms with Gasteiger partial charge in [0.05, 0.1) is 18.8 Å². The summed E-state index contributed by atoms with van der Waals surface area (Å²) in [4.78, 5) is 0. The quantitative estimate of drug-likeness (QED) is 0.475. The summed E-state index contributed by atoms with van der Waals surface area (Å²) in [6, 6.07) is 0. The SMILES string of the molecule is OC[C@@H]1C[C@@H](O)[C@@H](O)CS1. The molecule has 60 valence electrons. The van der Waals surface area contributed by atoms with Gasteiger partial charge in [0, 0.05) is 11.0 Å². The van der Waals surface area contributed by atoms with Crippen molar-refractivity contribution in [2.75, 3.05) is 12.4 Å². The number of hydrogen-bond acceptors (Lipinski definition) is 4. The van der Waals surface area contributed by atoms with E-state index in [0.29, 0.717) is 12.2 Å². The maximum Gasteiger partial charge on any atom is 0.0889 e. The van der Waals surface area contributed by atoms with Crippen LogP contribution in [0.1, 0.15) is 6.42 Å². The van der Waals surface area contributed by atoms with Crippen molar-refractivity contribution in [1.29, 1.82) is 0 Å².